The van der Waals surface area contributed by atoms with Gasteiger partial charge in [-0.05, 0) is 61.4 Å². The van der Waals surface area contributed by atoms with Gasteiger partial charge in [0.05, 0.1) is 0 Å². The number of aryl methyl sites for hydroxylation is 2. The maximum atomic E-state index is 12.2. The fraction of sp³-hybridized carbons (Fsp3) is 0.471. The molecule has 0 bridgehead atoms. The van der Waals surface area contributed by atoms with Crippen LogP contribution in [0.25, 0.3) is 10.9 Å². The van der Waals surface area contributed by atoms with Crippen molar-refractivity contribution in [3.05, 3.63) is 45.2 Å². The van der Waals surface area contributed by atoms with Gasteiger partial charge in [-0.2, -0.15) is 17.9 Å². The van der Waals surface area contributed by atoms with Crippen molar-refractivity contribution in [2.24, 2.45) is 0 Å². The van der Waals surface area contributed by atoms with Crippen LogP contribution in [0.4, 0.5) is 0 Å². The molecule has 0 spiro atoms. The second kappa shape index (κ2) is 6.66. The Bertz CT molecular complexity index is 913. The number of nitrogens with one attached hydrogen (secondary N) is 3. The predicted octanol–water partition coefficient (Wildman–Crippen LogP) is 2.01. The van der Waals surface area contributed by atoms with Gasteiger partial charge in [0.15, 0.2) is 0 Å². The van der Waals surface area contributed by atoms with Gasteiger partial charge in [-0.25, -0.2) is 0 Å². The summed E-state index contributed by atoms with van der Waals surface area (Å²) in [7, 11) is -3.60. The highest BCUT2D eigenvalue weighted by molar-refractivity contribution is 7.87. The van der Waals surface area contributed by atoms with E-state index < -0.39 is 10.2 Å². The van der Waals surface area contributed by atoms with E-state index in [0.29, 0.717) is 5.56 Å². The summed E-state index contributed by atoms with van der Waals surface area (Å²) in [4.78, 5) is 15.0. The SMILES string of the molecule is Cc1cc2cc(CNS(=O)(=O)NC3CCCC3)c(=O)[nH]c2cc1C. The number of fused-ring (bicyclic) bond motifs is 1. The van der Waals surface area contributed by atoms with Crippen LogP contribution in [0.3, 0.4) is 0 Å². The Morgan fingerprint density at radius 2 is 1.79 bits per heavy atom. The Balaban J connectivity index is 1.78. The quantitative estimate of drug-likeness (QED) is 0.771. The number of hydrogen-bond acceptors (Lipinski definition) is 3. The molecule has 0 aliphatic heterocycles. The molecule has 1 aliphatic carbocycles. The molecular weight excluding hydrogens is 326 g/mol. The lowest BCUT2D eigenvalue weighted by Crippen LogP contribution is -2.41. The molecule has 7 heteroatoms. The summed E-state index contributed by atoms with van der Waals surface area (Å²) in [5.74, 6) is 0. The van der Waals surface area contributed by atoms with Crippen LogP contribution in [0.2, 0.25) is 0 Å². The molecule has 1 aromatic heterocycles. The van der Waals surface area contributed by atoms with Crippen molar-refractivity contribution in [3.63, 3.8) is 0 Å². The first kappa shape index (κ1) is 17.1. The summed E-state index contributed by atoms with van der Waals surface area (Å²) in [6.45, 7) is 3.97. The predicted molar refractivity (Wildman–Crippen MR) is 95.2 cm³/mol. The zero-order chi connectivity index (χ0) is 17.3. The van der Waals surface area contributed by atoms with E-state index in [1.54, 1.807) is 6.07 Å². The van der Waals surface area contributed by atoms with Crippen LogP contribution in [0.5, 0.6) is 0 Å². The molecule has 1 fully saturated rings. The van der Waals surface area contributed by atoms with Gasteiger partial charge >= 0.3 is 0 Å². The van der Waals surface area contributed by atoms with Crippen LogP contribution in [0.15, 0.2) is 23.0 Å². The molecule has 1 heterocycles. The second-order valence-electron chi connectivity index (χ2n) is 6.57. The van der Waals surface area contributed by atoms with Gasteiger partial charge in [0.2, 0.25) is 0 Å². The molecule has 0 saturated heterocycles. The number of benzene rings is 1. The molecule has 0 unspecified atom stereocenters. The summed E-state index contributed by atoms with van der Waals surface area (Å²) in [5, 5.41) is 0.899. The lowest BCUT2D eigenvalue weighted by atomic mass is 10.1. The number of hydrogen-bond donors (Lipinski definition) is 3. The Morgan fingerprint density at radius 1 is 1.12 bits per heavy atom. The zero-order valence-electron chi connectivity index (χ0n) is 14.0. The molecule has 2 aromatic rings. The maximum absolute atomic E-state index is 12.2. The van der Waals surface area contributed by atoms with Crippen LogP contribution in [0.1, 0.15) is 42.4 Å². The molecule has 6 nitrogen and oxygen atoms in total. The summed E-state index contributed by atoms with van der Waals surface area (Å²) in [5.41, 5.74) is 3.13. The average molecular weight is 349 g/mol. The number of pyridine rings is 1. The first-order valence-electron chi connectivity index (χ1n) is 8.24. The van der Waals surface area contributed by atoms with Crippen molar-refractivity contribution in [1.82, 2.24) is 14.4 Å². The van der Waals surface area contributed by atoms with Gasteiger partial charge in [0.25, 0.3) is 15.8 Å². The van der Waals surface area contributed by atoms with Crippen LogP contribution < -0.4 is 15.0 Å². The molecule has 1 aromatic carbocycles. The van der Waals surface area contributed by atoms with Gasteiger partial charge in [0.1, 0.15) is 0 Å². The number of H-pyrrole nitrogens is 1. The summed E-state index contributed by atoms with van der Waals surface area (Å²) >= 11 is 0. The van der Waals surface area contributed by atoms with E-state index >= 15 is 0 Å². The van der Waals surface area contributed by atoms with Crippen molar-refractivity contribution in [3.8, 4) is 0 Å². The highest BCUT2D eigenvalue weighted by atomic mass is 32.2. The first-order valence-corrected chi connectivity index (χ1v) is 9.72. The maximum Gasteiger partial charge on any atom is 0.277 e. The van der Waals surface area contributed by atoms with Crippen molar-refractivity contribution < 1.29 is 8.42 Å². The molecule has 0 atom stereocenters. The Labute approximate surface area is 141 Å². The molecule has 0 radical (unpaired) electrons. The molecule has 130 valence electrons. The first-order chi connectivity index (χ1) is 11.3. The van der Waals surface area contributed by atoms with Crippen molar-refractivity contribution in [2.45, 2.75) is 52.1 Å². The molecular formula is C17H23N3O3S. The lowest BCUT2D eigenvalue weighted by Gasteiger charge is -2.13. The standard InChI is InChI=1S/C17H23N3O3S/c1-11-7-13-9-14(17(21)19-16(13)8-12(11)2)10-18-24(22,23)20-15-5-3-4-6-15/h7-9,15,18,20H,3-6,10H2,1-2H3,(H,19,21). The second-order valence-corrected chi connectivity index (χ2v) is 8.10. The zero-order valence-corrected chi connectivity index (χ0v) is 14.8. The summed E-state index contributed by atoms with van der Waals surface area (Å²) in [6.07, 6.45) is 3.85. The van der Waals surface area contributed by atoms with Crippen molar-refractivity contribution >= 4 is 21.1 Å². The van der Waals surface area contributed by atoms with Crippen molar-refractivity contribution in [2.75, 3.05) is 0 Å². The third-order valence-corrected chi connectivity index (χ3v) is 5.83. The Hall–Kier alpha value is -1.70. The van der Waals surface area contributed by atoms with Crippen molar-refractivity contribution in [1.29, 1.82) is 0 Å². The van der Waals surface area contributed by atoms with E-state index in [1.165, 1.54) is 0 Å². The fourth-order valence-electron chi connectivity index (χ4n) is 3.13. The normalized spacial score (nSPS) is 16.1. The Morgan fingerprint density at radius 3 is 2.50 bits per heavy atom. The van der Waals surface area contributed by atoms with E-state index in [2.05, 4.69) is 14.4 Å². The summed E-state index contributed by atoms with van der Waals surface area (Å²) in [6, 6.07) is 5.68. The van der Waals surface area contributed by atoms with E-state index in [4.69, 9.17) is 0 Å². The monoisotopic (exact) mass is 349 g/mol. The topological polar surface area (TPSA) is 91.1 Å². The smallest absolute Gasteiger partial charge is 0.277 e. The minimum atomic E-state index is -3.60. The van der Waals surface area contributed by atoms with E-state index in [9.17, 15) is 13.2 Å². The van der Waals surface area contributed by atoms with Gasteiger partial charge in [-0.1, -0.05) is 12.8 Å². The summed E-state index contributed by atoms with van der Waals surface area (Å²) < 4.78 is 29.3. The van der Waals surface area contributed by atoms with Crippen LogP contribution in [-0.4, -0.2) is 19.4 Å². The third kappa shape index (κ3) is 3.85. The molecule has 1 saturated carbocycles. The number of aromatic amines is 1. The third-order valence-electron chi connectivity index (χ3n) is 4.67. The molecule has 1 aliphatic rings. The minimum absolute atomic E-state index is 0.00279. The Kier molecular flexibility index (Phi) is 4.76. The highest BCUT2D eigenvalue weighted by Crippen LogP contribution is 2.19. The van der Waals surface area contributed by atoms with E-state index in [0.717, 1.165) is 47.7 Å². The largest absolute Gasteiger partial charge is 0.322 e. The molecule has 0 amide bonds. The minimum Gasteiger partial charge on any atom is -0.322 e. The average Bonchev–Trinajstić information content (AvgIpc) is 2.99. The van der Waals surface area contributed by atoms with Gasteiger partial charge in [-0.3, -0.25) is 4.79 Å². The van der Waals surface area contributed by atoms with E-state index in [1.807, 2.05) is 26.0 Å². The van der Waals surface area contributed by atoms with Crippen LogP contribution >= 0.6 is 0 Å². The molecule has 24 heavy (non-hydrogen) atoms. The van der Waals surface area contributed by atoms with Gasteiger partial charge in [0, 0.05) is 23.7 Å². The lowest BCUT2D eigenvalue weighted by molar-refractivity contribution is 0.538. The number of aromatic nitrogens is 1. The molecule has 3 N–H and O–H groups in total. The van der Waals surface area contributed by atoms with Gasteiger partial charge in [-0.15, -0.1) is 0 Å². The van der Waals surface area contributed by atoms with E-state index in [-0.39, 0.29) is 18.1 Å². The van der Waals surface area contributed by atoms with Crippen LogP contribution in [0, 0.1) is 13.8 Å². The number of rotatable bonds is 5. The fourth-order valence-corrected chi connectivity index (χ4v) is 4.23. The van der Waals surface area contributed by atoms with Crippen LogP contribution in [-0.2, 0) is 16.8 Å². The molecule has 3 rings (SSSR count). The van der Waals surface area contributed by atoms with Gasteiger partial charge < -0.3 is 4.98 Å². The highest BCUT2D eigenvalue weighted by Gasteiger charge is 2.21.